The fraction of sp³-hybridized carbons (Fsp3) is 0.200. The molecule has 4 N–H and O–H groups in total. The number of urea groups is 1. The number of hydrogen-bond donors (Lipinski definition) is 3. The number of fused-ring (bicyclic) bond motifs is 3. The Labute approximate surface area is 171 Å². The van der Waals surface area contributed by atoms with Crippen molar-refractivity contribution in [3.8, 4) is 0 Å². The molecule has 3 amide bonds. The molecule has 2 aromatic carbocycles. The summed E-state index contributed by atoms with van der Waals surface area (Å²) >= 11 is 12.5. The lowest BCUT2D eigenvalue weighted by atomic mass is 10.0. The lowest BCUT2D eigenvalue weighted by Gasteiger charge is -2.27. The molecule has 0 radical (unpaired) electrons. The van der Waals surface area contributed by atoms with Crippen molar-refractivity contribution in [2.75, 3.05) is 11.9 Å². The zero-order valence-electron chi connectivity index (χ0n) is 15.1. The molecule has 0 bridgehead atoms. The van der Waals surface area contributed by atoms with Gasteiger partial charge in [0.1, 0.15) is 0 Å². The van der Waals surface area contributed by atoms with Gasteiger partial charge in [0.15, 0.2) is 0 Å². The van der Waals surface area contributed by atoms with Crippen molar-refractivity contribution < 1.29 is 9.59 Å². The maximum absolute atomic E-state index is 12.8. The van der Waals surface area contributed by atoms with Gasteiger partial charge in [-0.3, -0.25) is 4.79 Å². The molecule has 0 fully saturated rings. The fourth-order valence-electron chi connectivity index (χ4n) is 3.56. The van der Waals surface area contributed by atoms with E-state index in [1.807, 2.05) is 13.0 Å². The molecule has 0 unspecified atom stereocenters. The first-order chi connectivity index (χ1) is 13.3. The minimum Gasteiger partial charge on any atom is -0.366 e. The van der Waals surface area contributed by atoms with Crippen LogP contribution >= 0.6 is 23.2 Å². The maximum Gasteiger partial charge on any atom is 0.322 e. The van der Waals surface area contributed by atoms with Gasteiger partial charge in [0.25, 0.3) is 0 Å². The number of rotatable bonds is 2. The van der Waals surface area contributed by atoms with E-state index < -0.39 is 5.91 Å². The van der Waals surface area contributed by atoms with E-state index in [-0.39, 0.29) is 6.03 Å². The van der Waals surface area contributed by atoms with Gasteiger partial charge in [-0.1, -0.05) is 23.2 Å². The highest BCUT2D eigenvalue weighted by Crippen LogP contribution is 2.34. The molecule has 6 nitrogen and oxygen atoms in total. The number of halogens is 2. The predicted molar refractivity (Wildman–Crippen MR) is 111 cm³/mol. The fourth-order valence-corrected chi connectivity index (χ4v) is 4.10. The molecule has 8 heteroatoms. The summed E-state index contributed by atoms with van der Waals surface area (Å²) in [4.78, 5) is 29.2. The summed E-state index contributed by atoms with van der Waals surface area (Å²) in [6, 6.07) is 8.32. The summed E-state index contributed by atoms with van der Waals surface area (Å²) in [5.41, 5.74) is 10.1. The number of carbonyl (C=O) groups excluding carboxylic acids is 2. The van der Waals surface area contributed by atoms with Gasteiger partial charge < -0.3 is 20.9 Å². The van der Waals surface area contributed by atoms with Crippen LogP contribution in [0, 0.1) is 6.92 Å². The third-order valence-electron chi connectivity index (χ3n) is 5.04. The highest BCUT2D eigenvalue weighted by molar-refractivity contribution is 6.38. The van der Waals surface area contributed by atoms with Crippen molar-refractivity contribution in [3.05, 3.63) is 62.8 Å². The first-order valence-corrected chi connectivity index (χ1v) is 9.54. The molecule has 4 rings (SSSR count). The van der Waals surface area contributed by atoms with Crippen LogP contribution < -0.4 is 11.1 Å². The molecule has 0 saturated heterocycles. The minimum absolute atomic E-state index is 0.206. The highest BCUT2D eigenvalue weighted by Gasteiger charge is 2.25. The van der Waals surface area contributed by atoms with Crippen molar-refractivity contribution in [2.45, 2.75) is 19.9 Å². The summed E-state index contributed by atoms with van der Waals surface area (Å²) in [6.07, 6.45) is 0.699. The number of aromatic amines is 1. The number of anilines is 1. The number of nitrogens with zero attached hydrogens (tertiary/aromatic N) is 1. The molecule has 0 saturated carbocycles. The zero-order chi connectivity index (χ0) is 20.0. The van der Waals surface area contributed by atoms with Crippen LogP contribution in [0.4, 0.5) is 10.5 Å². The molecule has 2 heterocycles. The van der Waals surface area contributed by atoms with Crippen LogP contribution in [-0.2, 0) is 13.0 Å². The molecule has 1 aromatic heterocycles. The van der Waals surface area contributed by atoms with Crippen molar-refractivity contribution in [1.82, 2.24) is 9.88 Å². The van der Waals surface area contributed by atoms with Crippen LogP contribution in [0.25, 0.3) is 10.9 Å². The zero-order valence-corrected chi connectivity index (χ0v) is 16.6. The van der Waals surface area contributed by atoms with Gasteiger partial charge >= 0.3 is 6.03 Å². The van der Waals surface area contributed by atoms with Crippen LogP contribution in [0.3, 0.4) is 0 Å². The lowest BCUT2D eigenvalue weighted by Crippen LogP contribution is -2.38. The number of benzene rings is 2. The second-order valence-corrected chi connectivity index (χ2v) is 7.73. The quantitative estimate of drug-likeness (QED) is 0.574. The largest absolute Gasteiger partial charge is 0.366 e. The van der Waals surface area contributed by atoms with Gasteiger partial charge in [-0.25, -0.2) is 4.79 Å². The van der Waals surface area contributed by atoms with E-state index in [0.29, 0.717) is 40.8 Å². The molecule has 0 atom stereocenters. The van der Waals surface area contributed by atoms with E-state index in [1.54, 1.807) is 29.2 Å². The van der Waals surface area contributed by atoms with Crippen LogP contribution in [0.1, 0.15) is 27.2 Å². The van der Waals surface area contributed by atoms with Gasteiger partial charge in [0.2, 0.25) is 5.91 Å². The summed E-state index contributed by atoms with van der Waals surface area (Å²) < 4.78 is 0. The van der Waals surface area contributed by atoms with Gasteiger partial charge in [-0.05, 0) is 42.8 Å². The van der Waals surface area contributed by atoms with E-state index in [9.17, 15) is 9.59 Å². The highest BCUT2D eigenvalue weighted by atomic mass is 35.5. The Morgan fingerprint density at radius 1 is 1.21 bits per heavy atom. The van der Waals surface area contributed by atoms with E-state index in [4.69, 9.17) is 28.9 Å². The van der Waals surface area contributed by atoms with Gasteiger partial charge in [0, 0.05) is 52.4 Å². The van der Waals surface area contributed by atoms with Crippen LogP contribution in [0.5, 0.6) is 0 Å². The molecule has 144 valence electrons. The van der Waals surface area contributed by atoms with Crippen molar-refractivity contribution in [1.29, 1.82) is 0 Å². The number of H-pyrrole nitrogens is 1. The SMILES string of the molecule is Cc1cc(C(N)=O)ccc1NC(=O)N1CCc2[nH]c3c(Cl)cc(Cl)cc3c2C1. The second kappa shape index (κ2) is 7.04. The van der Waals surface area contributed by atoms with Crippen molar-refractivity contribution in [3.63, 3.8) is 0 Å². The van der Waals surface area contributed by atoms with E-state index in [2.05, 4.69) is 10.3 Å². The number of hydrogen-bond acceptors (Lipinski definition) is 2. The van der Waals surface area contributed by atoms with E-state index in [0.717, 1.165) is 27.7 Å². The number of nitrogens with two attached hydrogens (primary N) is 1. The number of carbonyl (C=O) groups is 2. The number of amides is 3. The van der Waals surface area contributed by atoms with Crippen LogP contribution in [-0.4, -0.2) is 28.4 Å². The van der Waals surface area contributed by atoms with Gasteiger partial charge in [-0.15, -0.1) is 0 Å². The third-order valence-corrected chi connectivity index (χ3v) is 5.56. The molecule has 1 aliphatic heterocycles. The van der Waals surface area contributed by atoms with E-state index >= 15 is 0 Å². The first kappa shape index (κ1) is 18.7. The standard InChI is InChI=1S/C20H18Cl2N4O2/c1-10-6-11(19(23)27)2-3-16(10)25-20(28)26-5-4-17-14(9-26)13-7-12(21)8-15(22)18(13)24-17/h2-3,6-8,24H,4-5,9H2,1H3,(H2,23,27)(H,25,28). The molecule has 3 aromatic rings. The molecule has 0 spiro atoms. The van der Waals surface area contributed by atoms with Crippen LogP contribution in [0.15, 0.2) is 30.3 Å². The van der Waals surface area contributed by atoms with Crippen molar-refractivity contribution in [2.24, 2.45) is 5.73 Å². The van der Waals surface area contributed by atoms with Gasteiger partial charge in [-0.2, -0.15) is 0 Å². The molecule has 28 heavy (non-hydrogen) atoms. The topological polar surface area (TPSA) is 91.2 Å². The average Bonchev–Trinajstić information content (AvgIpc) is 3.01. The lowest BCUT2D eigenvalue weighted by molar-refractivity contribution is 0.1000. The molecule has 0 aliphatic carbocycles. The Balaban J connectivity index is 1.57. The Bertz CT molecular complexity index is 1120. The van der Waals surface area contributed by atoms with Crippen molar-refractivity contribution >= 4 is 51.7 Å². The third kappa shape index (κ3) is 3.30. The molecular weight excluding hydrogens is 399 g/mol. The Kier molecular flexibility index (Phi) is 4.69. The second-order valence-electron chi connectivity index (χ2n) is 6.89. The smallest absolute Gasteiger partial charge is 0.322 e. The Morgan fingerprint density at radius 3 is 2.71 bits per heavy atom. The first-order valence-electron chi connectivity index (χ1n) is 8.78. The Hall–Kier alpha value is -2.70. The number of aryl methyl sites for hydroxylation is 1. The average molecular weight is 417 g/mol. The summed E-state index contributed by atoms with van der Waals surface area (Å²) in [7, 11) is 0. The normalized spacial score (nSPS) is 13.5. The monoisotopic (exact) mass is 416 g/mol. The molecular formula is C20H18Cl2N4O2. The van der Waals surface area contributed by atoms with Crippen LogP contribution in [0.2, 0.25) is 10.0 Å². The summed E-state index contributed by atoms with van der Waals surface area (Å²) in [6.45, 7) is 2.85. The van der Waals surface area contributed by atoms with E-state index in [1.165, 1.54) is 0 Å². The maximum atomic E-state index is 12.8. The summed E-state index contributed by atoms with van der Waals surface area (Å²) in [5, 5.41) is 4.98. The number of aromatic nitrogens is 1. The Morgan fingerprint density at radius 2 is 2.00 bits per heavy atom. The molecule has 1 aliphatic rings. The number of primary amides is 1. The summed E-state index contributed by atoms with van der Waals surface area (Å²) in [5.74, 6) is -0.499. The number of nitrogens with one attached hydrogen (secondary N) is 2. The minimum atomic E-state index is -0.499. The predicted octanol–water partition coefficient (Wildman–Crippen LogP) is 4.47. The van der Waals surface area contributed by atoms with Gasteiger partial charge in [0.05, 0.1) is 10.5 Å².